The highest BCUT2D eigenvalue weighted by molar-refractivity contribution is 6.00. The highest BCUT2D eigenvalue weighted by Crippen LogP contribution is 2.59. The van der Waals surface area contributed by atoms with Gasteiger partial charge in [-0.2, -0.15) is 0 Å². The first-order chi connectivity index (χ1) is 20.9. The van der Waals surface area contributed by atoms with E-state index in [0.717, 1.165) is 59.2 Å². The van der Waals surface area contributed by atoms with Crippen LogP contribution in [0.4, 0.5) is 17.3 Å². The van der Waals surface area contributed by atoms with Crippen LogP contribution >= 0.6 is 0 Å². The fraction of sp³-hybridized carbons (Fsp3) is 0.394. The molecule has 4 aromatic rings. The van der Waals surface area contributed by atoms with Gasteiger partial charge in [0.25, 0.3) is 0 Å². The molecule has 7 rings (SSSR count). The quantitative estimate of drug-likeness (QED) is 0.281. The molecule has 1 aromatic carbocycles. The highest BCUT2D eigenvalue weighted by atomic mass is 16.5. The molecule has 222 valence electrons. The zero-order chi connectivity index (χ0) is 29.7. The van der Waals surface area contributed by atoms with Crippen LogP contribution in [-0.4, -0.2) is 72.3 Å². The van der Waals surface area contributed by atoms with Crippen LogP contribution in [0.25, 0.3) is 22.0 Å². The number of methoxy groups -OCH3 is 3. The maximum absolute atomic E-state index is 13.3. The summed E-state index contributed by atoms with van der Waals surface area (Å²) in [6, 6.07) is 12.1. The molecular weight excluding hydrogens is 544 g/mol. The SMILES string of the molecule is COc1ccc(Nc2nc(-c3cnccc3C)cc3cc(NC(=O)C4C5CC(N6CC(OC)C6)CC54)ncc23)c(OC)c1. The molecule has 2 unspecified atom stereocenters. The van der Waals surface area contributed by atoms with Gasteiger partial charge in [-0.3, -0.25) is 14.7 Å². The van der Waals surface area contributed by atoms with Crippen molar-refractivity contribution < 1.29 is 19.0 Å². The van der Waals surface area contributed by atoms with Crippen molar-refractivity contribution in [2.75, 3.05) is 45.1 Å². The number of hydrogen-bond donors (Lipinski definition) is 2. The van der Waals surface area contributed by atoms with Gasteiger partial charge in [0, 0.05) is 67.8 Å². The molecule has 1 saturated heterocycles. The van der Waals surface area contributed by atoms with Gasteiger partial charge in [-0.15, -0.1) is 0 Å². The second kappa shape index (κ2) is 11.1. The largest absolute Gasteiger partial charge is 0.497 e. The standard InChI is InChI=1S/C33H36N6O4/c1-18-7-8-34-14-25(18)28-9-19-10-30(38-33(40)31-23-11-20(12-24(23)31)39-16-22(17-39)42-3)35-15-26(19)32(37-28)36-27-6-5-21(41-2)13-29(27)43-4/h5-10,13-15,20,22-24,31H,11-12,16-17H2,1-4H3,(H,36,37)(H,35,38,40). The van der Waals surface area contributed by atoms with E-state index in [-0.39, 0.29) is 11.8 Å². The van der Waals surface area contributed by atoms with Gasteiger partial charge in [-0.05, 0) is 72.9 Å². The predicted octanol–water partition coefficient (Wildman–Crippen LogP) is 5.05. The molecular formula is C33H36N6O4. The minimum Gasteiger partial charge on any atom is -0.497 e. The Kier molecular flexibility index (Phi) is 7.10. The van der Waals surface area contributed by atoms with Crippen LogP contribution in [0.2, 0.25) is 0 Å². The van der Waals surface area contributed by atoms with Crippen molar-refractivity contribution in [2.45, 2.75) is 31.9 Å². The van der Waals surface area contributed by atoms with E-state index in [1.165, 1.54) is 0 Å². The second-order valence-corrected chi connectivity index (χ2v) is 11.8. The van der Waals surface area contributed by atoms with Gasteiger partial charge in [-0.1, -0.05) is 0 Å². The number of fused-ring (bicyclic) bond motifs is 2. The first-order valence-corrected chi connectivity index (χ1v) is 14.7. The topological polar surface area (TPSA) is 111 Å². The maximum Gasteiger partial charge on any atom is 0.229 e. The number of benzene rings is 1. The normalized spacial score (nSPS) is 23.0. The van der Waals surface area contributed by atoms with Gasteiger partial charge in [-0.25, -0.2) is 9.97 Å². The van der Waals surface area contributed by atoms with E-state index in [2.05, 4.69) is 25.5 Å². The van der Waals surface area contributed by atoms with Crippen LogP contribution in [0.3, 0.4) is 0 Å². The summed E-state index contributed by atoms with van der Waals surface area (Å²) in [7, 11) is 5.02. The Balaban J connectivity index is 1.14. The number of amides is 1. The van der Waals surface area contributed by atoms with Gasteiger partial charge in [0.05, 0.1) is 31.7 Å². The molecule has 1 amide bonds. The van der Waals surface area contributed by atoms with Gasteiger partial charge in [0.2, 0.25) is 5.91 Å². The Morgan fingerprint density at radius 1 is 1.00 bits per heavy atom. The lowest BCUT2D eigenvalue weighted by molar-refractivity contribution is -0.118. The van der Waals surface area contributed by atoms with Crippen molar-refractivity contribution >= 4 is 34.0 Å². The monoisotopic (exact) mass is 580 g/mol. The third-order valence-electron chi connectivity index (χ3n) is 9.39. The zero-order valence-corrected chi connectivity index (χ0v) is 24.8. The predicted molar refractivity (Wildman–Crippen MR) is 165 cm³/mol. The first kappa shape index (κ1) is 27.5. The zero-order valence-electron chi connectivity index (χ0n) is 24.8. The van der Waals surface area contributed by atoms with Gasteiger partial charge >= 0.3 is 0 Å². The van der Waals surface area contributed by atoms with Crippen LogP contribution < -0.4 is 20.1 Å². The summed E-state index contributed by atoms with van der Waals surface area (Å²) in [5, 5.41) is 8.27. The molecule has 43 heavy (non-hydrogen) atoms. The Morgan fingerprint density at radius 3 is 2.53 bits per heavy atom. The molecule has 3 aliphatic rings. The third kappa shape index (κ3) is 5.14. The van der Waals surface area contributed by atoms with Gasteiger partial charge in [0.1, 0.15) is 23.1 Å². The lowest BCUT2D eigenvalue weighted by atomic mass is 10.0. The number of aromatic nitrogens is 3. The van der Waals surface area contributed by atoms with Crippen molar-refractivity contribution in [3.05, 3.63) is 60.6 Å². The Bertz CT molecular complexity index is 1680. The fourth-order valence-electron chi connectivity index (χ4n) is 6.84. The summed E-state index contributed by atoms with van der Waals surface area (Å²) in [4.78, 5) is 29.7. The molecule has 2 atom stereocenters. The van der Waals surface area contributed by atoms with Gasteiger partial charge in [0.15, 0.2) is 0 Å². The molecule has 4 heterocycles. The molecule has 10 heteroatoms. The number of anilines is 3. The number of aryl methyl sites for hydroxylation is 1. The lowest BCUT2D eigenvalue weighted by Crippen LogP contribution is -2.55. The number of carbonyl (C=O) groups excluding carboxylic acids is 1. The van der Waals surface area contributed by atoms with Crippen molar-refractivity contribution in [3.63, 3.8) is 0 Å². The summed E-state index contributed by atoms with van der Waals surface area (Å²) in [6.07, 6.45) is 7.90. The molecule has 1 aliphatic heterocycles. The van der Waals surface area contributed by atoms with Crippen LogP contribution in [0, 0.1) is 24.7 Å². The minimum absolute atomic E-state index is 0.0670. The average Bonchev–Trinajstić information content (AvgIpc) is 3.51. The molecule has 3 aromatic heterocycles. The number of ether oxygens (including phenoxy) is 3. The first-order valence-electron chi connectivity index (χ1n) is 14.7. The second-order valence-electron chi connectivity index (χ2n) is 11.8. The summed E-state index contributed by atoms with van der Waals surface area (Å²) in [5.41, 5.74) is 3.49. The maximum atomic E-state index is 13.3. The summed E-state index contributed by atoms with van der Waals surface area (Å²) in [5.74, 6) is 3.54. The van der Waals surface area contributed by atoms with Crippen LogP contribution in [0.15, 0.2) is 55.0 Å². The Labute approximate surface area is 250 Å². The van der Waals surface area contributed by atoms with Gasteiger partial charge < -0.3 is 24.8 Å². The lowest BCUT2D eigenvalue weighted by Gasteiger charge is -2.43. The molecule has 0 spiro atoms. The minimum atomic E-state index is 0.0670. The average molecular weight is 581 g/mol. The number of nitrogens with one attached hydrogen (secondary N) is 2. The van der Waals surface area contributed by atoms with Crippen molar-refractivity contribution in [3.8, 4) is 22.8 Å². The van der Waals surface area contributed by atoms with E-state index in [1.807, 2.05) is 49.5 Å². The van der Waals surface area contributed by atoms with Crippen molar-refractivity contribution in [2.24, 2.45) is 17.8 Å². The molecule has 3 fully saturated rings. The molecule has 0 radical (unpaired) electrons. The number of pyridine rings is 3. The number of hydrogen-bond acceptors (Lipinski definition) is 9. The Morgan fingerprint density at radius 2 is 1.81 bits per heavy atom. The molecule has 2 aliphatic carbocycles. The highest BCUT2D eigenvalue weighted by Gasteiger charge is 2.60. The van der Waals surface area contributed by atoms with E-state index in [4.69, 9.17) is 19.2 Å². The Hall–Kier alpha value is -4.28. The summed E-state index contributed by atoms with van der Waals surface area (Å²) in [6.45, 7) is 4.06. The van der Waals surface area contributed by atoms with Crippen molar-refractivity contribution in [1.82, 2.24) is 19.9 Å². The molecule has 2 N–H and O–H groups in total. The van der Waals surface area contributed by atoms with Crippen LogP contribution in [0.5, 0.6) is 11.5 Å². The van der Waals surface area contributed by atoms with E-state index < -0.39 is 0 Å². The molecule has 10 nitrogen and oxygen atoms in total. The van der Waals surface area contributed by atoms with Crippen LogP contribution in [-0.2, 0) is 9.53 Å². The number of likely N-dealkylation sites (tertiary alicyclic amines) is 1. The fourth-order valence-corrected chi connectivity index (χ4v) is 6.84. The smallest absolute Gasteiger partial charge is 0.229 e. The third-order valence-corrected chi connectivity index (χ3v) is 9.39. The van der Waals surface area contributed by atoms with E-state index in [9.17, 15) is 4.79 Å². The number of rotatable bonds is 9. The van der Waals surface area contributed by atoms with E-state index in [1.54, 1.807) is 33.7 Å². The number of carbonyl (C=O) groups is 1. The molecule has 0 bridgehead atoms. The van der Waals surface area contributed by atoms with Crippen LogP contribution in [0.1, 0.15) is 18.4 Å². The molecule has 2 saturated carbocycles. The summed E-state index contributed by atoms with van der Waals surface area (Å²) < 4.78 is 16.4. The summed E-state index contributed by atoms with van der Waals surface area (Å²) >= 11 is 0. The van der Waals surface area contributed by atoms with Crippen molar-refractivity contribution in [1.29, 1.82) is 0 Å². The van der Waals surface area contributed by atoms with E-state index in [0.29, 0.717) is 47.1 Å². The van der Waals surface area contributed by atoms with E-state index >= 15 is 0 Å². The number of nitrogens with zero attached hydrogens (tertiary/aromatic N) is 4.